The zero-order valence-corrected chi connectivity index (χ0v) is 28.7. The summed E-state index contributed by atoms with van der Waals surface area (Å²) in [5, 5.41) is 38.8. The molecule has 0 heterocycles. The number of thiol groups is 1. The second-order valence-corrected chi connectivity index (χ2v) is 13.0. The van der Waals surface area contributed by atoms with Crippen LogP contribution in [0.15, 0.2) is 24.3 Å². The molecule has 0 radical (unpaired) electrons. The molecule has 0 aliphatic carbocycles. The fraction of sp³-hybridized carbons (Fsp3) is 0.581. The van der Waals surface area contributed by atoms with E-state index in [0.29, 0.717) is 5.56 Å². The van der Waals surface area contributed by atoms with Gasteiger partial charge in [0.15, 0.2) is 0 Å². The van der Waals surface area contributed by atoms with Crippen molar-refractivity contribution < 1.29 is 48.9 Å². The van der Waals surface area contributed by atoms with Crippen LogP contribution in [0.4, 0.5) is 0 Å². The zero-order valence-electron chi connectivity index (χ0n) is 27.9. The van der Waals surface area contributed by atoms with E-state index in [1.165, 1.54) is 38.1 Å². The number of benzene rings is 1. The second-order valence-electron chi connectivity index (χ2n) is 12.4. The van der Waals surface area contributed by atoms with E-state index in [1.54, 1.807) is 27.7 Å². The summed E-state index contributed by atoms with van der Waals surface area (Å²) in [5.41, 5.74) is 6.27. The van der Waals surface area contributed by atoms with Crippen molar-refractivity contribution in [3.05, 3.63) is 29.8 Å². The SMILES string of the molecule is CC(C)C[C@H](NC(=O)[C@H](Cc1ccc(O)cc1)NC(=O)[C@H](CC(C)C)NC(=O)[C@@H](N)[C@H](S)C(=O)O)C(=O)N[C@@H](C)C(=O)N[C@@H](C)C(=O)O. The van der Waals surface area contributed by atoms with Crippen LogP contribution in [0.5, 0.6) is 5.75 Å². The first-order valence-electron chi connectivity index (χ1n) is 15.4. The molecule has 17 heteroatoms. The van der Waals surface area contributed by atoms with Crippen LogP contribution in [0.3, 0.4) is 0 Å². The summed E-state index contributed by atoms with van der Waals surface area (Å²) in [7, 11) is 0. The van der Waals surface area contributed by atoms with Gasteiger partial charge in [-0.15, -0.1) is 0 Å². The van der Waals surface area contributed by atoms with Gasteiger partial charge >= 0.3 is 11.9 Å². The maximum Gasteiger partial charge on any atom is 0.325 e. The highest BCUT2D eigenvalue weighted by Crippen LogP contribution is 2.14. The van der Waals surface area contributed by atoms with E-state index in [4.69, 9.17) is 10.8 Å². The topological polar surface area (TPSA) is 266 Å². The monoisotopic (exact) mass is 696 g/mol. The quantitative estimate of drug-likeness (QED) is 0.0807. The number of carboxylic acids is 2. The predicted octanol–water partition coefficient (Wildman–Crippen LogP) is -0.714. The number of phenolic OH excluding ortho intramolecular Hbond substituents is 1. The molecular weight excluding hydrogens is 648 g/mol. The maximum absolute atomic E-state index is 13.7. The van der Waals surface area contributed by atoms with Crippen LogP contribution in [-0.4, -0.2) is 98.3 Å². The maximum atomic E-state index is 13.7. The molecule has 0 saturated heterocycles. The minimum atomic E-state index is -1.59. The third-order valence-electron chi connectivity index (χ3n) is 7.07. The van der Waals surface area contributed by atoms with E-state index in [1.807, 2.05) is 0 Å². The van der Waals surface area contributed by atoms with Crippen molar-refractivity contribution in [2.24, 2.45) is 17.6 Å². The Labute approximate surface area is 284 Å². The predicted molar refractivity (Wildman–Crippen MR) is 178 cm³/mol. The van der Waals surface area contributed by atoms with Crippen LogP contribution in [0, 0.1) is 11.8 Å². The van der Waals surface area contributed by atoms with Gasteiger partial charge in [0.2, 0.25) is 29.5 Å². The van der Waals surface area contributed by atoms with Crippen molar-refractivity contribution in [3.63, 3.8) is 0 Å². The minimum Gasteiger partial charge on any atom is -0.508 e. The van der Waals surface area contributed by atoms with E-state index >= 15 is 0 Å². The number of phenols is 1. The summed E-state index contributed by atoms with van der Waals surface area (Å²) < 4.78 is 0. The summed E-state index contributed by atoms with van der Waals surface area (Å²) in [4.78, 5) is 88.1. The third kappa shape index (κ3) is 14.2. The smallest absolute Gasteiger partial charge is 0.325 e. The van der Waals surface area contributed by atoms with Gasteiger partial charge in [-0.1, -0.05) is 39.8 Å². The highest BCUT2D eigenvalue weighted by Gasteiger charge is 2.34. The number of carbonyl (C=O) groups is 7. The van der Waals surface area contributed by atoms with E-state index in [2.05, 4.69) is 39.2 Å². The Balaban J connectivity index is 3.31. The number of hydrogen-bond donors (Lipinski definition) is 10. The highest BCUT2D eigenvalue weighted by molar-refractivity contribution is 7.81. The normalized spacial score (nSPS) is 15.5. The Morgan fingerprint density at radius 2 is 1.04 bits per heavy atom. The largest absolute Gasteiger partial charge is 0.508 e. The summed E-state index contributed by atoms with van der Waals surface area (Å²) in [6, 6.07) is -1.81. The molecule has 0 aromatic heterocycles. The van der Waals surface area contributed by atoms with Crippen molar-refractivity contribution in [3.8, 4) is 5.75 Å². The average Bonchev–Trinajstić information content (AvgIpc) is 2.99. The first kappa shape index (κ1) is 41.6. The Bertz CT molecular complexity index is 1310. The Hall–Kier alpha value is -4.38. The molecule has 1 aromatic carbocycles. The number of aliphatic carboxylic acids is 2. The van der Waals surface area contributed by atoms with Gasteiger partial charge in [-0.25, -0.2) is 0 Å². The Morgan fingerprint density at radius 1 is 0.625 bits per heavy atom. The van der Waals surface area contributed by atoms with E-state index in [0.717, 1.165) is 0 Å². The molecule has 0 fully saturated rings. The lowest BCUT2D eigenvalue weighted by atomic mass is 9.99. The third-order valence-corrected chi connectivity index (χ3v) is 7.61. The molecule has 0 bridgehead atoms. The number of carbonyl (C=O) groups excluding carboxylic acids is 5. The van der Waals surface area contributed by atoms with Crippen LogP contribution >= 0.6 is 12.6 Å². The molecule has 1 aromatic rings. The van der Waals surface area contributed by atoms with Gasteiger partial charge in [0.25, 0.3) is 0 Å². The fourth-order valence-corrected chi connectivity index (χ4v) is 4.51. The van der Waals surface area contributed by atoms with Gasteiger partial charge in [-0.2, -0.15) is 12.6 Å². The molecule has 1 rings (SSSR count). The number of hydrogen-bond acceptors (Lipinski definition) is 10. The fourth-order valence-electron chi connectivity index (χ4n) is 4.37. The van der Waals surface area contributed by atoms with Crippen molar-refractivity contribution in [2.75, 3.05) is 0 Å². The molecule has 268 valence electrons. The molecule has 5 amide bonds. The van der Waals surface area contributed by atoms with E-state index in [-0.39, 0.29) is 36.8 Å². The van der Waals surface area contributed by atoms with Gasteiger partial charge in [0, 0.05) is 6.42 Å². The number of amides is 5. The molecular formula is C31H48N6O10S. The summed E-state index contributed by atoms with van der Waals surface area (Å²) in [6.45, 7) is 9.78. The van der Waals surface area contributed by atoms with Crippen LogP contribution in [0.2, 0.25) is 0 Å². The van der Waals surface area contributed by atoms with Crippen LogP contribution in [-0.2, 0) is 40.0 Å². The van der Waals surface area contributed by atoms with E-state index < -0.39 is 83.0 Å². The van der Waals surface area contributed by atoms with Crippen molar-refractivity contribution >= 4 is 54.1 Å². The molecule has 0 unspecified atom stereocenters. The average molecular weight is 697 g/mol. The Kier molecular flexibility index (Phi) is 16.9. The number of nitrogens with one attached hydrogen (secondary N) is 5. The molecule has 16 nitrogen and oxygen atoms in total. The molecule has 0 aliphatic heterocycles. The van der Waals surface area contributed by atoms with Gasteiger partial charge in [0.05, 0.1) is 0 Å². The molecule has 7 atom stereocenters. The standard InChI is InChI=1S/C31H48N6O10S/c1-14(2)11-20(26(40)33-16(5)25(39)34-17(6)30(44)45)35-28(42)22(13-18-7-9-19(38)10-8-18)36-27(41)21(12-15(3)4)37-29(43)23(32)24(48)31(46)47/h7-10,14-17,20-24,38,48H,11-13,32H2,1-6H3,(H,33,40)(H,34,39)(H,35,42)(H,36,41)(H,37,43)(H,44,45)(H,46,47)/t16-,17-,20-,21-,22-,23-,24-/m0/s1. The molecule has 0 aliphatic rings. The second kappa shape index (κ2) is 19.4. The zero-order chi connectivity index (χ0) is 36.9. The van der Waals surface area contributed by atoms with Gasteiger partial charge in [-0.05, 0) is 56.2 Å². The summed E-state index contributed by atoms with van der Waals surface area (Å²) >= 11 is 3.84. The van der Waals surface area contributed by atoms with Crippen molar-refractivity contribution in [1.29, 1.82) is 0 Å². The minimum absolute atomic E-state index is 0.0340. The summed E-state index contributed by atoms with van der Waals surface area (Å²) in [6.07, 6.45) is 0.135. The number of carboxylic acid groups (broad SMARTS) is 2. The lowest BCUT2D eigenvalue weighted by Gasteiger charge is -2.28. The number of rotatable bonds is 19. The number of aromatic hydroxyl groups is 1. The van der Waals surface area contributed by atoms with Crippen molar-refractivity contribution in [2.45, 2.75) is 102 Å². The highest BCUT2D eigenvalue weighted by atomic mass is 32.1. The van der Waals surface area contributed by atoms with E-state index in [9.17, 15) is 43.8 Å². The van der Waals surface area contributed by atoms with Crippen LogP contribution < -0.4 is 32.3 Å². The lowest BCUT2D eigenvalue weighted by molar-refractivity contribution is -0.141. The molecule has 0 saturated carbocycles. The number of nitrogens with two attached hydrogens (primary N) is 1. The lowest BCUT2D eigenvalue weighted by Crippen LogP contribution is -2.60. The Morgan fingerprint density at radius 3 is 1.50 bits per heavy atom. The van der Waals surface area contributed by atoms with Gasteiger partial charge < -0.3 is 47.6 Å². The first-order chi connectivity index (χ1) is 22.2. The first-order valence-corrected chi connectivity index (χ1v) is 15.9. The van der Waals surface area contributed by atoms with Crippen LogP contribution in [0.1, 0.15) is 59.9 Å². The molecule has 10 N–H and O–H groups in total. The molecule has 0 spiro atoms. The summed E-state index contributed by atoms with van der Waals surface area (Å²) in [5.74, 6) is -6.96. The van der Waals surface area contributed by atoms with Crippen molar-refractivity contribution in [1.82, 2.24) is 26.6 Å². The van der Waals surface area contributed by atoms with Crippen LogP contribution in [0.25, 0.3) is 0 Å². The van der Waals surface area contributed by atoms with Gasteiger partial charge in [0.1, 0.15) is 47.3 Å². The molecule has 48 heavy (non-hydrogen) atoms. The van der Waals surface area contributed by atoms with Gasteiger partial charge in [-0.3, -0.25) is 33.6 Å².